The molecule has 4 heteroatoms. The van der Waals surface area contributed by atoms with Gasteiger partial charge in [-0.3, -0.25) is 0 Å². The molecule has 0 bridgehead atoms. The highest BCUT2D eigenvalue weighted by Crippen LogP contribution is 2.08. The fourth-order valence-electron chi connectivity index (χ4n) is 1.86. The second-order valence-electron chi connectivity index (χ2n) is 4.61. The van der Waals surface area contributed by atoms with Gasteiger partial charge in [0.1, 0.15) is 0 Å². The normalized spacial score (nSPS) is 11.7. The highest BCUT2D eigenvalue weighted by Gasteiger charge is 2.20. The van der Waals surface area contributed by atoms with Gasteiger partial charge in [-0.15, -0.1) is 0 Å². The second-order valence-corrected chi connectivity index (χ2v) is 4.61. The van der Waals surface area contributed by atoms with Crippen molar-refractivity contribution in [1.82, 2.24) is 0 Å². The number of hydrogen-bond acceptors (Lipinski definition) is 4. The lowest BCUT2D eigenvalue weighted by Crippen LogP contribution is -2.26. The number of ether oxygens (including phenoxy) is 1. The fourth-order valence-corrected chi connectivity index (χ4v) is 1.86. The molecule has 0 aromatic heterocycles. The number of rotatable bonds is 5. The van der Waals surface area contributed by atoms with Crippen LogP contribution < -0.4 is 0 Å². The Balaban J connectivity index is 1.84. The minimum absolute atomic E-state index is 0.213. The van der Waals surface area contributed by atoms with E-state index in [2.05, 4.69) is 4.74 Å². The second kappa shape index (κ2) is 7.36. The van der Waals surface area contributed by atoms with Crippen LogP contribution in [-0.2, 0) is 16.0 Å². The third-order valence-electron chi connectivity index (χ3n) is 3.02. The molecule has 2 rings (SSSR count). The molecule has 0 aliphatic heterocycles. The van der Waals surface area contributed by atoms with E-state index in [4.69, 9.17) is 0 Å². The molecular formula is C17H16O4. The summed E-state index contributed by atoms with van der Waals surface area (Å²) in [5.41, 5.74) is 1.29. The lowest BCUT2D eigenvalue weighted by molar-refractivity contribution is -0.147. The van der Waals surface area contributed by atoms with E-state index in [1.54, 1.807) is 30.3 Å². The molecule has 0 aliphatic carbocycles. The van der Waals surface area contributed by atoms with Crippen LogP contribution in [0.1, 0.15) is 22.3 Å². The zero-order valence-corrected chi connectivity index (χ0v) is 11.4. The first-order valence-electron chi connectivity index (χ1n) is 6.70. The van der Waals surface area contributed by atoms with Crippen molar-refractivity contribution in [2.45, 2.75) is 18.9 Å². The average molecular weight is 284 g/mol. The molecule has 0 fully saturated rings. The van der Waals surface area contributed by atoms with Gasteiger partial charge in [0.15, 0.2) is 6.10 Å². The molecule has 0 spiro atoms. The molecule has 1 atom stereocenters. The third kappa shape index (κ3) is 4.54. The minimum atomic E-state index is -1.31. The SMILES string of the molecule is O=C(OC(=O)C(O)CCc1ccccc1)c1ccccc1. The molecule has 2 aromatic carbocycles. The maximum atomic E-state index is 11.7. The van der Waals surface area contributed by atoms with Crippen molar-refractivity contribution in [2.75, 3.05) is 0 Å². The van der Waals surface area contributed by atoms with Crippen LogP contribution in [0, 0.1) is 0 Å². The van der Waals surface area contributed by atoms with Crippen LogP contribution in [0.3, 0.4) is 0 Å². The fraction of sp³-hybridized carbons (Fsp3) is 0.176. The van der Waals surface area contributed by atoms with Crippen LogP contribution >= 0.6 is 0 Å². The van der Waals surface area contributed by atoms with Crippen LogP contribution in [0.15, 0.2) is 60.7 Å². The highest BCUT2D eigenvalue weighted by atomic mass is 16.6. The summed E-state index contributed by atoms with van der Waals surface area (Å²) in [5.74, 6) is -1.67. The topological polar surface area (TPSA) is 63.6 Å². The predicted molar refractivity (Wildman–Crippen MR) is 77.6 cm³/mol. The van der Waals surface area contributed by atoms with E-state index in [0.29, 0.717) is 6.42 Å². The Morgan fingerprint density at radius 3 is 2.14 bits per heavy atom. The van der Waals surface area contributed by atoms with E-state index >= 15 is 0 Å². The molecular weight excluding hydrogens is 268 g/mol. The van der Waals surface area contributed by atoms with Gasteiger partial charge in [-0.1, -0.05) is 48.5 Å². The molecule has 0 heterocycles. The van der Waals surface area contributed by atoms with Gasteiger partial charge in [0.2, 0.25) is 0 Å². The Morgan fingerprint density at radius 2 is 1.52 bits per heavy atom. The van der Waals surface area contributed by atoms with Crippen molar-refractivity contribution in [1.29, 1.82) is 0 Å². The quantitative estimate of drug-likeness (QED) is 0.676. The van der Waals surface area contributed by atoms with Crippen LogP contribution in [0.25, 0.3) is 0 Å². The van der Waals surface area contributed by atoms with Crippen molar-refractivity contribution in [3.63, 3.8) is 0 Å². The smallest absolute Gasteiger partial charge is 0.345 e. The number of aliphatic hydroxyl groups excluding tert-OH is 1. The van der Waals surface area contributed by atoms with Crippen LogP contribution in [0.2, 0.25) is 0 Å². The first-order valence-corrected chi connectivity index (χ1v) is 6.70. The van der Waals surface area contributed by atoms with Crippen LogP contribution in [0.5, 0.6) is 0 Å². The lowest BCUT2D eigenvalue weighted by atomic mass is 10.1. The van der Waals surface area contributed by atoms with Gasteiger partial charge in [0.05, 0.1) is 5.56 Å². The number of esters is 2. The van der Waals surface area contributed by atoms with Crippen molar-refractivity contribution in [2.24, 2.45) is 0 Å². The summed E-state index contributed by atoms with van der Waals surface area (Å²) < 4.78 is 4.66. The van der Waals surface area contributed by atoms with Crippen molar-refractivity contribution >= 4 is 11.9 Å². The largest absolute Gasteiger partial charge is 0.387 e. The number of aryl methyl sites for hydroxylation is 1. The maximum Gasteiger partial charge on any atom is 0.345 e. The maximum absolute atomic E-state index is 11.7. The van der Waals surface area contributed by atoms with E-state index in [0.717, 1.165) is 5.56 Å². The van der Waals surface area contributed by atoms with Gasteiger partial charge in [0.25, 0.3) is 0 Å². The zero-order chi connectivity index (χ0) is 15.1. The first-order chi connectivity index (χ1) is 10.2. The Labute approximate surface area is 123 Å². The van der Waals surface area contributed by atoms with Gasteiger partial charge in [0, 0.05) is 0 Å². The number of hydrogen-bond donors (Lipinski definition) is 1. The Bertz CT molecular complexity index is 593. The van der Waals surface area contributed by atoms with Gasteiger partial charge in [-0.05, 0) is 30.5 Å². The third-order valence-corrected chi connectivity index (χ3v) is 3.02. The molecule has 1 N–H and O–H groups in total. The molecule has 0 aliphatic rings. The van der Waals surface area contributed by atoms with Gasteiger partial charge in [-0.2, -0.15) is 0 Å². The predicted octanol–water partition coefficient (Wildman–Crippen LogP) is 2.36. The van der Waals surface area contributed by atoms with Gasteiger partial charge >= 0.3 is 11.9 Å². The molecule has 108 valence electrons. The summed E-state index contributed by atoms with van der Waals surface area (Å²) in [5, 5.41) is 9.75. The van der Waals surface area contributed by atoms with E-state index in [9.17, 15) is 14.7 Å². The molecule has 0 amide bonds. The zero-order valence-electron chi connectivity index (χ0n) is 11.4. The monoisotopic (exact) mass is 284 g/mol. The van der Waals surface area contributed by atoms with E-state index in [1.165, 1.54) is 0 Å². The highest BCUT2D eigenvalue weighted by molar-refractivity contribution is 5.97. The standard InChI is InChI=1S/C17H16O4/c18-15(12-11-13-7-3-1-4-8-13)17(20)21-16(19)14-9-5-2-6-10-14/h1-10,15,18H,11-12H2. The molecule has 0 saturated carbocycles. The van der Waals surface area contributed by atoms with E-state index in [-0.39, 0.29) is 12.0 Å². The summed E-state index contributed by atoms with van der Waals surface area (Å²) in [6.07, 6.45) is -0.556. The summed E-state index contributed by atoms with van der Waals surface area (Å²) in [6, 6.07) is 17.7. The van der Waals surface area contributed by atoms with Crippen molar-refractivity contribution < 1.29 is 19.4 Å². The Hall–Kier alpha value is -2.46. The van der Waals surface area contributed by atoms with Crippen LogP contribution in [-0.4, -0.2) is 23.1 Å². The molecule has 0 radical (unpaired) electrons. The van der Waals surface area contributed by atoms with Gasteiger partial charge in [-0.25, -0.2) is 9.59 Å². The number of carbonyl (C=O) groups excluding carboxylic acids is 2. The van der Waals surface area contributed by atoms with Crippen molar-refractivity contribution in [3.05, 3.63) is 71.8 Å². The summed E-state index contributed by atoms with van der Waals surface area (Å²) in [6.45, 7) is 0. The minimum Gasteiger partial charge on any atom is -0.387 e. The molecule has 0 saturated heterocycles. The molecule has 21 heavy (non-hydrogen) atoms. The van der Waals surface area contributed by atoms with Crippen LogP contribution in [0.4, 0.5) is 0 Å². The van der Waals surface area contributed by atoms with Crippen molar-refractivity contribution in [3.8, 4) is 0 Å². The Morgan fingerprint density at radius 1 is 0.952 bits per heavy atom. The first kappa shape index (κ1) is 14.9. The average Bonchev–Trinajstić information content (AvgIpc) is 2.54. The number of benzene rings is 2. The molecule has 2 aromatic rings. The Kier molecular flexibility index (Phi) is 5.23. The van der Waals surface area contributed by atoms with Gasteiger partial charge < -0.3 is 9.84 Å². The summed E-state index contributed by atoms with van der Waals surface area (Å²) >= 11 is 0. The lowest BCUT2D eigenvalue weighted by Gasteiger charge is -2.09. The van der Waals surface area contributed by atoms with E-state index in [1.807, 2.05) is 30.3 Å². The summed E-state index contributed by atoms with van der Waals surface area (Å²) in [4.78, 5) is 23.3. The van der Waals surface area contributed by atoms with E-state index < -0.39 is 18.0 Å². The summed E-state index contributed by atoms with van der Waals surface area (Å²) in [7, 11) is 0. The number of aliphatic hydroxyl groups is 1. The molecule has 4 nitrogen and oxygen atoms in total. The molecule has 1 unspecified atom stereocenters. The number of carbonyl (C=O) groups is 2.